The molecule has 0 aromatic heterocycles. The SMILES string of the molecule is COCCC(N)C(=O)CC1CCCCC1. The van der Waals surface area contributed by atoms with Gasteiger partial charge in [0, 0.05) is 20.1 Å². The van der Waals surface area contributed by atoms with Gasteiger partial charge >= 0.3 is 0 Å². The number of hydrogen-bond acceptors (Lipinski definition) is 3. The van der Waals surface area contributed by atoms with E-state index in [1.165, 1.54) is 32.1 Å². The molecule has 0 amide bonds. The number of methoxy groups -OCH3 is 1. The Balaban J connectivity index is 2.20. The van der Waals surface area contributed by atoms with Crippen molar-refractivity contribution in [3.8, 4) is 0 Å². The van der Waals surface area contributed by atoms with Crippen LogP contribution in [0, 0.1) is 5.92 Å². The van der Waals surface area contributed by atoms with E-state index in [9.17, 15) is 4.79 Å². The lowest BCUT2D eigenvalue weighted by Gasteiger charge is -2.22. The molecule has 0 spiro atoms. The number of ether oxygens (including phenoxy) is 1. The smallest absolute Gasteiger partial charge is 0.149 e. The van der Waals surface area contributed by atoms with E-state index < -0.39 is 0 Å². The first kappa shape index (κ1) is 12.7. The van der Waals surface area contributed by atoms with Crippen LogP contribution >= 0.6 is 0 Å². The third-order valence-corrected chi connectivity index (χ3v) is 3.26. The van der Waals surface area contributed by atoms with Crippen LogP contribution in [0.3, 0.4) is 0 Å². The number of carbonyl (C=O) groups is 1. The van der Waals surface area contributed by atoms with Crippen molar-refractivity contribution in [2.45, 2.75) is 51.0 Å². The normalized spacial score (nSPS) is 20.1. The lowest BCUT2D eigenvalue weighted by Crippen LogP contribution is -2.33. The molecule has 3 nitrogen and oxygen atoms in total. The Bertz CT molecular complexity index is 188. The molecule has 88 valence electrons. The van der Waals surface area contributed by atoms with E-state index in [0.717, 1.165) is 0 Å². The maximum absolute atomic E-state index is 11.7. The van der Waals surface area contributed by atoms with Gasteiger partial charge in [0.1, 0.15) is 5.78 Å². The van der Waals surface area contributed by atoms with Crippen LogP contribution in [0.4, 0.5) is 0 Å². The summed E-state index contributed by atoms with van der Waals surface area (Å²) in [5, 5.41) is 0. The van der Waals surface area contributed by atoms with E-state index in [2.05, 4.69) is 0 Å². The van der Waals surface area contributed by atoms with Crippen LogP contribution in [0.15, 0.2) is 0 Å². The van der Waals surface area contributed by atoms with Gasteiger partial charge in [-0.1, -0.05) is 32.1 Å². The monoisotopic (exact) mass is 213 g/mol. The second-order valence-corrected chi connectivity index (χ2v) is 4.56. The van der Waals surface area contributed by atoms with Crippen LogP contribution in [-0.2, 0) is 9.53 Å². The summed E-state index contributed by atoms with van der Waals surface area (Å²) >= 11 is 0. The topological polar surface area (TPSA) is 52.3 Å². The second-order valence-electron chi connectivity index (χ2n) is 4.56. The molecule has 1 atom stereocenters. The largest absolute Gasteiger partial charge is 0.385 e. The molecule has 0 bridgehead atoms. The highest BCUT2D eigenvalue weighted by atomic mass is 16.5. The van der Waals surface area contributed by atoms with Gasteiger partial charge in [0.25, 0.3) is 0 Å². The van der Waals surface area contributed by atoms with E-state index in [0.29, 0.717) is 25.4 Å². The van der Waals surface area contributed by atoms with Crippen LogP contribution in [0.5, 0.6) is 0 Å². The summed E-state index contributed by atoms with van der Waals surface area (Å²) in [5.74, 6) is 0.818. The number of nitrogens with two attached hydrogens (primary N) is 1. The maximum Gasteiger partial charge on any atom is 0.149 e. The first-order valence-electron chi connectivity index (χ1n) is 6.01. The number of Topliss-reactive ketones (excluding diaryl/α,β-unsaturated/α-hetero) is 1. The molecule has 0 saturated heterocycles. The van der Waals surface area contributed by atoms with Gasteiger partial charge in [-0.05, 0) is 12.3 Å². The minimum atomic E-state index is -0.313. The van der Waals surface area contributed by atoms with Gasteiger partial charge in [-0.3, -0.25) is 4.79 Å². The zero-order valence-corrected chi connectivity index (χ0v) is 9.71. The summed E-state index contributed by atoms with van der Waals surface area (Å²) in [6.45, 7) is 0.581. The molecule has 1 unspecified atom stereocenters. The average molecular weight is 213 g/mol. The molecule has 0 heterocycles. The van der Waals surface area contributed by atoms with Crippen molar-refractivity contribution in [2.75, 3.05) is 13.7 Å². The van der Waals surface area contributed by atoms with Crippen LogP contribution in [0.25, 0.3) is 0 Å². The van der Waals surface area contributed by atoms with Crippen molar-refractivity contribution in [1.29, 1.82) is 0 Å². The number of rotatable bonds is 6. The predicted octanol–water partition coefficient (Wildman–Crippen LogP) is 1.89. The fourth-order valence-corrected chi connectivity index (χ4v) is 2.23. The predicted molar refractivity (Wildman–Crippen MR) is 60.7 cm³/mol. The summed E-state index contributed by atoms with van der Waals surface area (Å²) in [5.41, 5.74) is 5.79. The van der Waals surface area contributed by atoms with Gasteiger partial charge < -0.3 is 10.5 Å². The molecule has 1 aliphatic rings. The van der Waals surface area contributed by atoms with Crippen molar-refractivity contribution in [2.24, 2.45) is 11.7 Å². The van der Waals surface area contributed by atoms with Gasteiger partial charge in [0.2, 0.25) is 0 Å². The van der Waals surface area contributed by atoms with Crippen molar-refractivity contribution in [3.63, 3.8) is 0 Å². The highest BCUT2D eigenvalue weighted by Gasteiger charge is 2.20. The third kappa shape index (κ3) is 4.76. The van der Waals surface area contributed by atoms with Crippen LogP contribution in [0.1, 0.15) is 44.9 Å². The molecule has 15 heavy (non-hydrogen) atoms. The van der Waals surface area contributed by atoms with E-state index in [1.807, 2.05) is 0 Å². The van der Waals surface area contributed by atoms with Gasteiger partial charge in [-0.15, -0.1) is 0 Å². The Kier molecular flexibility index (Phi) is 5.88. The van der Waals surface area contributed by atoms with Crippen molar-refractivity contribution in [3.05, 3.63) is 0 Å². The van der Waals surface area contributed by atoms with Crippen molar-refractivity contribution < 1.29 is 9.53 Å². The van der Waals surface area contributed by atoms with Crippen LogP contribution in [-0.4, -0.2) is 25.5 Å². The fourth-order valence-electron chi connectivity index (χ4n) is 2.23. The first-order chi connectivity index (χ1) is 7.24. The first-order valence-corrected chi connectivity index (χ1v) is 6.01. The van der Waals surface area contributed by atoms with E-state index >= 15 is 0 Å². The Hall–Kier alpha value is -0.410. The van der Waals surface area contributed by atoms with Gasteiger partial charge in [-0.2, -0.15) is 0 Å². The number of ketones is 1. The molecule has 2 N–H and O–H groups in total. The summed E-state index contributed by atoms with van der Waals surface area (Å²) in [6.07, 6.45) is 7.66. The molecule has 3 heteroatoms. The van der Waals surface area contributed by atoms with Gasteiger partial charge in [-0.25, -0.2) is 0 Å². The van der Waals surface area contributed by atoms with Crippen molar-refractivity contribution >= 4 is 5.78 Å². The fraction of sp³-hybridized carbons (Fsp3) is 0.917. The second kappa shape index (κ2) is 6.96. The Labute approximate surface area is 92.4 Å². The third-order valence-electron chi connectivity index (χ3n) is 3.26. The highest BCUT2D eigenvalue weighted by molar-refractivity contribution is 5.83. The Morgan fingerprint density at radius 3 is 2.67 bits per heavy atom. The standard InChI is InChI=1S/C12H23NO2/c1-15-8-7-11(13)12(14)9-10-5-3-2-4-6-10/h10-11H,2-9,13H2,1H3. The minimum absolute atomic E-state index is 0.221. The molecule has 1 fully saturated rings. The van der Waals surface area contributed by atoms with Crippen LogP contribution < -0.4 is 5.73 Å². The Morgan fingerprint density at radius 2 is 2.07 bits per heavy atom. The zero-order valence-electron chi connectivity index (χ0n) is 9.71. The quantitative estimate of drug-likeness (QED) is 0.733. The van der Waals surface area contributed by atoms with E-state index in [1.54, 1.807) is 7.11 Å². The molecule has 1 rings (SSSR count). The highest BCUT2D eigenvalue weighted by Crippen LogP contribution is 2.26. The summed E-state index contributed by atoms with van der Waals surface area (Å²) < 4.78 is 4.92. The van der Waals surface area contributed by atoms with Gasteiger partial charge in [0.05, 0.1) is 6.04 Å². The molecule has 1 aliphatic carbocycles. The number of hydrogen-bond donors (Lipinski definition) is 1. The molecular weight excluding hydrogens is 190 g/mol. The summed E-state index contributed by atoms with van der Waals surface area (Å²) in [4.78, 5) is 11.7. The summed E-state index contributed by atoms with van der Waals surface area (Å²) in [6, 6.07) is -0.313. The minimum Gasteiger partial charge on any atom is -0.385 e. The van der Waals surface area contributed by atoms with Crippen molar-refractivity contribution in [1.82, 2.24) is 0 Å². The van der Waals surface area contributed by atoms with Gasteiger partial charge in [0.15, 0.2) is 0 Å². The lowest BCUT2D eigenvalue weighted by molar-refractivity contribution is -0.121. The molecule has 0 aromatic carbocycles. The molecule has 0 aliphatic heterocycles. The Morgan fingerprint density at radius 1 is 1.40 bits per heavy atom. The zero-order chi connectivity index (χ0) is 11.1. The van der Waals surface area contributed by atoms with E-state index in [4.69, 9.17) is 10.5 Å². The molecule has 0 radical (unpaired) electrons. The molecular formula is C12H23NO2. The molecule has 1 saturated carbocycles. The lowest BCUT2D eigenvalue weighted by atomic mass is 9.84. The maximum atomic E-state index is 11.7. The van der Waals surface area contributed by atoms with E-state index in [-0.39, 0.29) is 11.8 Å². The average Bonchev–Trinajstić information content (AvgIpc) is 2.27. The summed E-state index contributed by atoms with van der Waals surface area (Å²) in [7, 11) is 1.64. The van der Waals surface area contributed by atoms with Crippen LogP contribution in [0.2, 0.25) is 0 Å². The number of carbonyl (C=O) groups excluding carboxylic acids is 1. The molecule has 0 aromatic rings.